The van der Waals surface area contributed by atoms with Crippen molar-refractivity contribution < 1.29 is 14.3 Å². The number of methoxy groups -OCH3 is 2. The molecule has 3 rings (SSSR count). The number of carbonyl (C=O) groups is 1. The normalized spacial score (nSPS) is 12.0. The monoisotopic (exact) mass is 384 g/mol. The number of fused-ring (bicyclic) bond motifs is 1. The van der Waals surface area contributed by atoms with Crippen LogP contribution in [0.3, 0.4) is 0 Å². The summed E-state index contributed by atoms with van der Waals surface area (Å²) in [6, 6.07) is 11.9. The first-order valence-electron chi connectivity index (χ1n) is 8.81. The second kappa shape index (κ2) is 7.96. The Kier molecular flexibility index (Phi) is 5.65. The van der Waals surface area contributed by atoms with Gasteiger partial charge in [0, 0.05) is 7.05 Å². The first-order valence-corrected chi connectivity index (χ1v) is 9.62. The van der Waals surface area contributed by atoms with Crippen molar-refractivity contribution in [1.82, 2.24) is 4.57 Å². The van der Waals surface area contributed by atoms with Gasteiger partial charge in [0.1, 0.15) is 0 Å². The van der Waals surface area contributed by atoms with Crippen molar-refractivity contribution in [2.24, 2.45) is 12.0 Å². The van der Waals surface area contributed by atoms with Gasteiger partial charge in [-0.1, -0.05) is 37.3 Å². The third kappa shape index (κ3) is 4.06. The second-order valence-corrected chi connectivity index (χ2v) is 7.71. The van der Waals surface area contributed by atoms with Crippen LogP contribution in [0.4, 0.5) is 0 Å². The number of ether oxygens (including phenoxy) is 2. The smallest absolute Gasteiger partial charge is 0.252 e. The highest BCUT2D eigenvalue weighted by molar-refractivity contribution is 7.16. The molecule has 0 bridgehead atoms. The molecule has 0 radical (unpaired) electrons. The molecule has 142 valence electrons. The van der Waals surface area contributed by atoms with Gasteiger partial charge in [-0.2, -0.15) is 4.99 Å². The molecule has 0 aliphatic carbocycles. The van der Waals surface area contributed by atoms with Crippen LogP contribution >= 0.6 is 11.3 Å². The molecule has 0 aliphatic rings. The SMILES string of the molecule is COc1ccc(CC(=O)N=c2sc3cc(C(C)C)ccc3n2C)cc1OC. The molecule has 3 aromatic rings. The fraction of sp³-hybridized carbons (Fsp3) is 0.333. The lowest BCUT2D eigenvalue weighted by atomic mass is 10.0. The third-order valence-corrected chi connectivity index (χ3v) is 5.62. The predicted molar refractivity (Wildman–Crippen MR) is 109 cm³/mol. The molecule has 5 nitrogen and oxygen atoms in total. The van der Waals surface area contributed by atoms with Crippen LogP contribution in [-0.2, 0) is 18.3 Å². The largest absolute Gasteiger partial charge is 0.493 e. The van der Waals surface area contributed by atoms with Crippen molar-refractivity contribution >= 4 is 27.5 Å². The predicted octanol–water partition coefficient (Wildman–Crippen LogP) is 4.05. The van der Waals surface area contributed by atoms with Gasteiger partial charge in [-0.15, -0.1) is 0 Å². The zero-order chi connectivity index (χ0) is 19.6. The Morgan fingerprint density at radius 2 is 1.85 bits per heavy atom. The fourth-order valence-electron chi connectivity index (χ4n) is 2.93. The van der Waals surface area contributed by atoms with E-state index in [2.05, 4.69) is 37.0 Å². The van der Waals surface area contributed by atoms with Gasteiger partial charge < -0.3 is 14.0 Å². The molecule has 27 heavy (non-hydrogen) atoms. The lowest BCUT2D eigenvalue weighted by Crippen LogP contribution is -2.14. The minimum Gasteiger partial charge on any atom is -0.493 e. The summed E-state index contributed by atoms with van der Waals surface area (Å²) in [6.07, 6.45) is 0.214. The van der Waals surface area contributed by atoms with Gasteiger partial charge in [0.05, 0.1) is 30.9 Å². The minimum atomic E-state index is -0.187. The maximum Gasteiger partial charge on any atom is 0.252 e. The third-order valence-electron chi connectivity index (χ3n) is 4.52. The quantitative estimate of drug-likeness (QED) is 0.667. The zero-order valence-corrected chi connectivity index (χ0v) is 17.1. The van der Waals surface area contributed by atoms with Crippen molar-refractivity contribution in [3.05, 3.63) is 52.3 Å². The van der Waals surface area contributed by atoms with Crippen LogP contribution < -0.4 is 14.3 Å². The number of aromatic nitrogens is 1. The summed E-state index contributed by atoms with van der Waals surface area (Å²) in [5, 5.41) is 0. The first kappa shape index (κ1) is 19.2. The number of amides is 1. The Balaban J connectivity index is 1.90. The first-order chi connectivity index (χ1) is 12.9. The van der Waals surface area contributed by atoms with Crippen molar-refractivity contribution in [2.45, 2.75) is 26.2 Å². The van der Waals surface area contributed by atoms with E-state index in [1.807, 2.05) is 23.7 Å². The number of thiazole rings is 1. The van der Waals surface area contributed by atoms with Gasteiger partial charge >= 0.3 is 0 Å². The Labute approximate surface area is 162 Å². The van der Waals surface area contributed by atoms with E-state index in [9.17, 15) is 4.79 Å². The highest BCUT2D eigenvalue weighted by atomic mass is 32.1. The van der Waals surface area contributed by atoms with Gasteiger partial charge in [-0.05, 0) is 41.3 Å². The average Bonchev–Trinajstić information content (AvgIpc) is 2.96. The molecule has 0 fully saturated rings. The number of benzene rings is 2. The molecular formula is C21H24N2O3S. The van der Waals surface area contributed by atoms with Gasteiger partial charge in [-0.3, -0.25) is 4.79 Å². The number of hydrogen-bond donors (Lipinski definition) is 0. The summed E-state index contributed by atoms with van der Waals surface area (Å²) < 4.78 is 13.6. The van der Waals surface area contributed by atoms with E-state index in [4.69, 9.17) is 9.47 Å². The highest BCUT2D eigenvalue weighted by Gasteiger charge is 2.10. The lowest BCUT2D eigenvalue weighted by molar-refractivity contribution is -0.117. The second-order valence-electron chi connectivity index (χ2n) is 6.70. The molecule has 6 heteroatoms. The maximum absolute atomic E-state index is 12.5. The molecular weight excluding hydrogens is 360 g/mol. The Morgan fingerprint density at radius 1 is 1.11 bits per heavy atom. The number of carbonyl (C=O) groups excluding carboxylic acids is 1. The summed E-state index contributed by atoms with van der Waals surface area (Å²) in [6.45, 7) is 4.35. The Bertz CT molecular complexity index is 1050. The molecule has 0 saturated carbocycles. The molecule has 0 atom stereocenters. The highest BCUT2D eigenvalue weighted by Crippen LogP contribution is 2.28. The molecule has 1 heterocycles. The molecule has 2 aromatic carbocycles. The molecule has 0 aliphatic heterocycles. The Morgan fingerprint density at radius 3 is 2.52 bits per heavy atom. The summed E-state index contributed by atoms with van der Waals surface area (Å²) in [5.41, 5.74) is 3.21. The fourth-order valence-corrected chi connectivity index (χ4v) is 4.01. The standard InChI is InChI=1S/C21H24N2O3S/c1-13(2)15-7-8-16-19(12-15)27-21(23(16)3)22-20(24)11-14-6-9-17(25-4)18(10-14)26-5/h6-10,12-13H,11H2,1-5H3. The van der Waals surface area contributed by atoms with Gasteiger partial charge in [0.15, 0.2) is 16.3 Å². The maximum atomic E-state index is 12.5. The lowest BCUT2D eigenvalue weighted by Gasteiger charge is -2.08. The van der Waals surface area contributed by atoms with Gasteiger partial charge in [0.25, 0.3) is 5.91 Å². The molecule has 0 spiro atoms. The number of aryl methyl sites for hydroxylation is 1. The van der Waals surface area contributed by atoms with Crippen molar-refractivity contribution in [3.8, 4) is 11.5 Å². The molecule has 1 amide bonds. The van der Waals surface area contributed by atoms with Crippen LogP contribution in [0.5, 0.6) is 11.5 Å². The van der Waals surface area contributed by atoms with Gasteiger partial charge in [0.2, 0.25) is 0 Å². The zero-order valence-electron chi connectivity index (χ0n) is 16.3. The minimum absolute atomic E-state index is 0.187. The van der Waals surface area contributed by atoms with Crippen molar-refractivity contribution in [1.29, 1.82) is 0 Å². The van der Waals surface area contributed by atoms with Crippen molar-refractivity contribution in [3.63, 3.8) is 0 Å². The van der Waals surface area contributed by atoms with E-state index in [0.29, 0.717) is 22.2 Å². The number of nitrogens with zero attached hydrogens (tertiary/aromatic N) is 2. The summed E-state index contributed by atoms with van der Waals surface area (Å²) >= 11 is 1.54. The average molecular weight is 385 g/mol. The molecule has 1 aromatic heterocycles. The van der Waals surface area contributed by atoms with E-state index in [-0.39, 0.29) is 12.3 Å². The Hall–Kier alpha value is -2.60. The number of rotatable bonds is 5. The van der Waals surface area contributed by atoms with Gasteiger partial charge in [-0.25, -0.2) is 0 Å². The van der Waals surface area contributed by atoms with Crippen molar-refractivity contribution in [2.75, 3.05) is 14.2 Å². The molecule has 0 N–H and O–H groups in total. The topological polar surface area (TPSA) is 52.8 Å². The number of hydrogen-bond acceptors (Lipinski definition) is 4. The van der Waals surface area contributed by atoms with E-state index in [1.165, 1.54) is 16.9 Å². The van der Waals surface area contributed by atoms with E-state index in [0.717, 1.165) is 15.8 Å². The summed E-state index contributed by atoms with van der Waals surface area (Å²) in [7, 11) is 5.11. The van der Waals surface area contributed by atoms with Crippen LogP contribution in [0.2, 0.25) is 0 Å². The molecule has 0 saturated heterocycles. The van der Waals surface area contributed by atoms with Crippen LogP contribution in [0.25, 0.3) is 10.2 Å². The van der Waals surface area contributed by atoms with E-state index < -0.39 is 0 Å². The van der Waals surface area contributed by atoms with Crippen LogP contribution in [-0.4, -0.2) is 24.7 Å². The van der Waals surface area contributed by atoms with Crippen LogP contribution in [0, 0.1) is 0 Å². The molecule has 0 unspecified atom stereocenters. The van der Waals surface area contributed by atoms with E-state index in [1.54, 1.807) is 20.3 Å². The van der Waals surface area contributed by atoms with E-state index >= 15 is 0 Å². The summed E-state index contributed by atoms with van der Waals surface area (Å²) in [4.78, 5) is 17.5. The van der Waals surface area contributed by atoms with Crippen LogP contribution in [0.1, 0.15) is 30.9 Å². The van der Waals surface area contributed by atoms with Crippen LogP contribution in [0.15, 0.2) is 41.4 Å². The summed E-state index contributed by atoms with van der Waals surface area (Å²) in [5.74, 6) is 1.53.